The van der Waals surface area contributed by atoms with Gasteiger partial charge >= 0.3 is 6.18 Å². The number of hydrogen-bond acceptors (Lipinski definition) is 4. The van der Waals surface area contributed by atoms with Crippen LogP contribution < -0.4 is 11.5 Å². The summed E-state index contributed by atoms with van der Waals surface area (Å²) in [6.45, 7) is 0. The summed E-state index contributed by atoms with van der Waals surface area (Å²) in [4.78, 5) is 6.27. The van der Waals surface area contributed by atoms with Gasteiger partial charge in [0.1, 0.15) is 16.5 Å². The molecular formula is C5H4ClF3N4. The summed E-state index contributed by atoms with van der Waals surface area (Å²) in [5.74, 6) is -1.17. The largest absolute Gasteiger partial charge is 0.422 e. The second-order valence-electron chi connectivity index (χ2n) is 2.13. The zero-order chi connectivity index (χ0) is 10.2. The summed E-state index contributed by atoms with van der Waals surface area (Å²) in [6.07, 6.45) is -4.67. The average molecular weight is 213 g/mol. The van der Waals surface area contributed by atoms with Crippen molar-refractivity contribution in [3.63, 3.8) is 0 Å². The van der Waals surface area contributed by atoms with Crippen molar-refractivity contribution >= 4 is 23.4 Å². The Labute approximate surface area is 75.7 Å². The van der Waals surface area contributed by atoms with E-state index in [1.165, 1.54) is 0 Å². The Hall–Kier alpha value is -1.24. The minimum Gasteiger partial charge on any atom is -0.383 e. The maximum atomic E-state index is 12.2. The fourth-order valence-corrected chi connectivity index (χ4v) is 1.02. The van der Waals surface area contributed by atoms with Crippen LogP contribution in [-0.2, 0) is 6.18 Å². The minimum absolute atomic E-state index is 0.393. The summed E-state index contributed by atoms with van der Waals surface area (Å²) in [6, 6.07) is 0. The van der Waals surface area contributed by atoms with Crippen molar-refractivity contribution in [2.75, 3.05) is 11.5 Å². The van der Waals surface area contributed by atoms with Gasteiger partial charge in [-0.3, -0.25) is 0 Å². The van der Waals surface area contributed by atoms with Crippen LogP contribution in [0, 0.1) is 0 Å². The van der Waals surface area contributed by atoms with Crippen LogP contribution in [0.25, 0.3) is 0 Å². The van der Waals surface area contributed by atoms with Crippen LogP contribution in [0.15, 0.2) is 0 Å². The maximum absolute atomic E-state index is 12.2. The van der Waals surface area contributed by atoms with Crippen LogP contribution in [0.3, 0.4) is 0 Å². The third kappa shape index (κ3) is 1.92. The van der Waals surface area contributed by atoms with Gasteiger partial charge in [0.2, 0.25) is 5.95 Å². The molecular weight excluding hydrogens is 209 g/mol. The van der Waals surface area contributed by atoms with Gasteiger partial charge in [-0.1, -0.05) is 11.6 Å². The molecule has 0 saturated carbocycles. The maximum Gasteiger partial charge on any atom is 0.422 e. The van der Waals surface area contributed by atoms with E-state index in [-0.39, 0.29) is 0 Å². The topological polar surface area (TPSA) is 77.8 Å². The molecule has 0 spiro atoms. The fourth-order valence-electron chi connectivity index (χ4n) is 0.729. The van der Waals surface area contributed by atoms with Gasteiger partial charge in [-0.25, -0.2) is 4.98 Å². The van der Waals surface area contributed by atoms with E-state index in [4.69, 9.17) is 23.1 Å². The highest BCUT2D eigenvalue weighted by Crippen LogP contribution is 2.36. The van der Waals surface area contributed by atoms with Crippen molar-refractivity contribution in [2.45, 2.75) is 6.18 Å². The van der Waals surface area contributed by atoms with Crippen molar-refractivity contribution in [2.24, 2.45) is 0 Å². The molecule has 1 rings (SSSR count). The van der Waals surface area contributed by atoms with E-state index >= 15 is 0 Å². The first-order valence-electron chi connectivity index (χ1n) is 2.98. The second-order valence-corrected chi connectivity index (χ2v) is 2.49. The van der Waals surface area contributed by atoms with Crippen LogP contribution >= 0.6 is 11.6 Å². The van der Waals surface area contributed by atoms with Crippen molar-refractivity contribution in [1.29, 1.82) is 0 Å². The molecule has 0 aromatic carbocycles. The molecule has 0 aliphatic carbocycles. The fraction of sp³-hybridized carbons (Fsp3) is 0.200. The summed E-state index contributed by atoms with van der Waals surface area (Å²) < 4.78 is 36.5. The van der Waals surface area contributed by atoms with E-state index in [1.807, 2.05) is 0 Å². The van der Waals surface area contributed by atoms with E-state index in [9.17, 15) is 13.2 Å². The first-order chi connectivity index (χ1) is 5.82. The second kappa shape index (κ2) is 2.91. The molecule has 0 unspecified atom stereocenters. The van der Waals surface area contributed by atoms with Gasteiger partial charge in [-0.05, 0) is 0 Å². The average Bonchev–Trinajstić information content (AvgIpc) is 1.78. The lowest BCUT2D eigenvalue weighted by Crippen LogP contribution is -2.13. The highest BCUT2D eigenvalue weighted by Gasteiger charge is 2.37. The van der Waals surface area contributed by atoms with E-state index < -0.39 is 28.7 Å². The summed E-state index contributed by atoms with van der Waals surface area (Å²) in [7, 11) is 0. The van der Waals surface area contributed by atoms with Crippen molar-refractivity contribution in [3.8, 4) is 0 Å². The molecule has 0 aliphatic heterocycles. The summed E-state index contributed by atoms with van der Waals surface area (Å²) in [5, 5.41) is -0.794. The highest BCUT2D eigenvalue weighted by atomic mass is 35.5. The number of rotatable bonds is 0. The molecule has 0 radical (unpaired) electrons. The van der Waals surface area contributed by atoms with Gasteiger partial charge in [0.05, 0.1) is 0 Å². The number of anilines is 2. The van der Waals surface area contributed by atoms with Gasteiger partial charge in [0, 0.05) is 0 Å². The number of nitrogen functional groups attached to an aromatic ring is 2. The molecule has 1 heterocycles. The lowest BCUT2D eigenvalue weighted by atomic mass is 10.3. The Kier molecular flexibility index (Phi) is 2.21. The van der Waals surface area contributed by atoms with Crippen LogP contribution in [0.4, 0.5) is 24.9 Å². The van der Waals surface area contributed by atoms with Crippen molar-refractivity contribution < 1.29 is 13.2 Å². The summed E-state index contributed by atoms with van der Waals surface area (Å²) >= 11 is 5.19. The Morgan fingerprint density at radius 2 is 1.69 bits per heavy atom. The lowest BCUT2D eigenvalue weighted by Gasteiger charge is -2.09. The highest BCUT2D eigenvalue weighted by molar-refractivity contribution is 6.30. The molecule has 4 nitrogen and oxygen atoms in total. The molecule has 0 aliphatic rings. The van der Waals surface area contributed by atoms with Crippen LogP contribution in [0.1, 0.15) is 5.56 Å². The Bertz CT molecular complexity index is 314. The molecule has 72 valence electrons. The van der Waals surface area contributed by atoms with Crippen LogP contribution in [0.2, 0.25) is 5.15 Å². The van der Waals surface area contributed by atoms with E-state index in [0.717, 1.165) is 0 Å². The number of hydrogen-bond donors (Lipinski definition) is 2. The van der Waals surface area contributed by atoms with Crippen LogP contribution in [-0.4, -0.2) is 9.97 Å². The van der Waals surface area contributed by atoms with Crippen molar-refractivity contribution in [1.82, 2.24) is 9.97 Å². The predicted octanol–water partition coefficient (Wildman–Crippen LogP) is 1.31. The number of halogens is 4. The quantitative estimate of drug-likeness (QED) is 0.636. The molecule has 0 atom stereocenters. The zero-order valence-electron chi connectivity index (χ0n) is 6.06. The predicted molar refractivity (Wildman–Crippen MR) is 40.9 cm³/mol. The zero-order valence-corrected chi connectivity index (χ0v) is 6.82. The molecule has 4 N–H and O–H groups in total. The molecule has 0 fully saturated rings. The smallest absolute Gasteiger partial charge is 0.383 e. The Morgan fingerprint density at radius 3 is 2.08 bits per heavy atom. The first kappa shape index (κ1) is 9.85. The van der Waals surface area contributed by atoms with Gasteiger partial charge in [0.25, 0.3) is 0 Å². The lowest BCUT2D eigenvalue weighted by molar-refractivity contribution is -0.137. The number of nitrogens with zero attached hydrogens (tertiary/aromatic N) is 2. The molecule has 1 aromatic heterocycles. The summed E-state index contributed by atoms with van der Waals surface area (Å²) in [5.41, 5.74) is 8.73. The molecule has 13 heavy (non-hydrogen) atoms. The SMILES string of the molecule is Nc1nc(N)c(C(F)(F)F)c(Cl)n1. The van der Waals surface area contributed by atoms with Gasteiger partial charge in [0.15, 0.2) is 0 Å². The van der Waals surface area contributed by atoms with Crippen LogP contribution in [0.5, 0.6) is 0 Å². The van der Waals surface area contributed by atoms with E-state index in [1.54, 1.807) is 0 Å². The van der Waals surface area contributed by atoms with E-state index in [2.05, 4.69) is 9.97 Å². The molecule has 8 heteroatoms. The Balaban J connectivity index is 3.38. The first-order valence-corrected chi connectivity index (χ1v) is 3.36. The van der Waals surface area contributed by atoms with E-state index in [0.29, 0.717) is 0 Å². The van der Waals surface area contributed by atoms with Gasteiger partial charge in [-0.2, -0.15) is 18.2 Å². The Morgan fingerprint density at radius 1 is 1.15 bits per heavy atom. The monoisotopic (exact) mass is 212 g/mol. The molecule has 1 aromatic rings. The molecule has 0 bridgehead atoms. The number of alkyl halides is 3. The standard InChI is InChI=1S/C5H4ClF3N4/c6-2-1(5(7,8)9)3(10)13-4(11)12-2/h(H4,10,11,12,13). The molecule has 0 amide bonds. The normalized spacial score (nSPS) is 11.7. The van der Waals surface area contributed by atoms with Crippen molar-refractivity contribution in [3.05, 3.63) is 10.7 Å². The van der Waals surface area contributed by atoms with Gasteiger partial charge < -0.3 is 11.5 Å². The minimum atomic E-state index is -4.67. The van der Waals surface area contributed by atoms with Gasteiger partial charge in [-0.15, -0.1) is 0 Å². The third-order valence-electron chi connectivity index (χ3n) is 1.19. The number of nitrogens with two attached hydrogens (primary N) is 2. The number of aromatic nitrogens is 2. The molecule has 0 saturated heterocycles. The third-order valence-corrected chi connectivity index (χ3v) is 1.47.